The second-order valence-corrected chi connectivity index (χ2v) is 9.91. The zero-order valence-corrected chi connectivity index (χ0v) is 19.5. The summed E-state index contributed by atoms with van der Waals surface area (Å²) in [6, 6.07) is 13.0. The molecule has 3 rings (SSSR count). The number of carbonyl (C=O) groups is 2. The van der Waals surface area contributed by atoms with Gasteiger partial charge in [-0.1, -0.05) is 31.0 Å². The Morgan fingerprint density at radius 2 is 1.75 bits per heavy atom. The van der Waals surface area contributed by atoms with Crippen molar-refractivity contribution < 1.29 is 18.0 Å². The number of nitrogens with zero attached hydrogens (tertiary/aromatic N) is 1. The molecule has 2 amide bonds. The fourth-order valence-electron chi connectivity index (χ4n) is 3.70. The molecule has 1 heterocycles. The van der Waals surface area contributed by atoms with Crippen molar-refractivity contribution in [1.82, 2.24) is 10.2 Å². The van der Waals surface area contributed by atoms with Crippen molar-refractivity contribution in [1.29, 1.82) is 0 Å². The number of rotatable bonds is 8. The van der Waals surface area contributed by atoms with Crippen LogP contribution < -0.4 is 10.0 Å². The minimum Gasteiger partial charge on any atom is -0.356 e. The summed E-state index contributed by atoms with van der Waals surface area (Å²) in [4.78, 5) is 27.2. The second kappa shape index (κ2) is 10.6. The largest absolute Gasteiger partial charge is 0.356 e. The molecule has 1 aliphatic heterocycles. The molecule has 172 valence electrons. The third-order valence-corrected chi connectivity index (χ3v) is 7.02. The summed E-state index contributed by atoms with van der Waals surface area (Å²) in [5.74, 6) is -0.328. The van der Waals surface area contributed by atoms with Gasteiger partial charge >= 0.3 is 0 Å². The van der Waals surface area contributed by atoms with Gasteiger partial charge in [0.2, 0.25) is 5.91 Å². The molecule has 7 nitrogen and oxygen atoms in total. The predicted molar refractivity (Wildman–Crippen MR) is 125 cm³/mol. The predicted octanol–water partition coefficient (Wildman–Crippen LogP) is 3.56. The van der Waals surface area contributed by atoms with E-state index >= 15 is 0 Å². The number of nitrogens with one attached hydrogen (secondary N) is 2. The lowest BCUT2D eigenvalue weighted by atomic mass is 9.96. The maximum Gasteiger partial charge on any atom is 0.261 e. The van der Waals surface area contributed by atoms with Gasteiger partial charge in [0.1, 0.15) is 0 Å². The van der Waals surface area contributed by atoms with Crippen LogP contribution in [0.25, 0.3) is 0 Å². The average Bonchev–Trinajstić information content (AvgIpc) is 2.79. The SMILES string of the molecule is CCCCNC(=O)C1CCCN(C(=O)c2ccc(NS(=O)(=O)c3ccc(C)cc3)cc2)C1. The molecule has 0 aromatic heterocycles. The third-order valence-electron chi connectivity index (χ3n) is 5.62. The number of benzene rings is 2. The number of anilines is 1. The topological polar surface area (TPSA) is 95.6 Å². The Morgan fingerprint density at radius 1 is 1.06 bits per heavy atom. The third kappa shape index (κ3) is 6.09. The van der Waals surface area contributed by atoms with Crippen molar-refractivity contribution >= 4 is 27.5 Å². The van der Waals surface area contributed by atoms with Crippen molar-refractivity contribution in [3.63, 3.8) is 0 Å². The van der Waals surface area contributed by atoms with Crippen LogP contribution in [0, 0.1) is 12.8 Å². The molecular weight excluding hydrogens is 426 g/mol. The molecule has 1 saturated heterocycles. The van der Waals surface area contributed by atoms with E-state index in [4.69, 9.17) is 0 Å². The summed E-state index contributed by atoms with van der Waals surface area (Å²) >= 11 is 0. The lowest BCUT2D eigenvalue weighted by molar-refractivity contribution is -0.126. The number of unbranched alkanes of at least 4 members (excludes halogenated alkanes) is 1. The van der Waals surface area contributed by atoms with E-state index in [1.807, 2.05) is 6.92 Å². The Bertz CT molecular complexity index is 1030. The Labute approximate surface area is 190 Å². The second-order valence-electron chi connectivity index (χ2n) is 8.23. The highest BCUT2D eigenvalue weighted by molar-refractivity contribution is 7.92. The van der Waals surface area contributed by atoms with Gasteiger partial charge < -0.3 is 10.2 Å². The Morgan fingerprint density at radius 3 is 2.41 bits per heavy atom. The lowest BCUT2D eigenvalue weighted by Crippen LogP contribution is -2.45. The van der Waals surface area contributed by atoms with Crippen LogP contribution in [-0.4, -0.2) is 44.8 Å². The van der Waals surface area contributed by atoms with E-state index in [9.17, 15) is 18.0 Å². The maximum absolute atomic E-state index is 12.9. The van der Waals surface area contributed by atoms with Crippen LogP contribution in [0.5, 0.6) is 0 Å². The van der Waals surface area contributed by atoms with Crippen LogP contribution in [0.2, 0.25) is 0 Å². The minimum atomic E-state index is -3.70. The highest BCUT2D eigenvalue weighted by atomic mass is 32.2. The number of amides is 2. The van der Waals surface area contributed by atoms with Crippen LogP contribution in [0.3, 0.4) is 0 Å². The van der Waals surface area contributed by atoms with Crippen LogP contribution in [0.15, 0.2) is 53.4 Å². The van der Waals surface area contributed by atoms with Crippen molar-refractivity contribution in [2.45, 2.75) is 44.4 Å². The Hall–Kier alpha value is -2.87. The summed E-state index contributed by atoms with van der Waals surface area (Å²) < 4.78 is 27.6. The fraction of sp³-hybridized carbons (Fsp3) is 0.417. The van der Waals surface area contributed by atoms with Crippen molar-refractivity contribution in [2.24, 2.45) is 5.92 Å². The van der Waals surface area contributed by atoms with E-state index in [-0.39, 0.29) is 22.6 Å². The first-order chi connectivity index (χ1) is 15.3. The molecule has 32 heavy (non-hydrogen) atoms. The number of hydrogen-bond acceptors (Lipinski definition) is 4. The van der Waals surface area contributed by atoms with Crippen molar-refractivity contribution in [3.8, 4) is 0 Å². The molecule has 2 aromatic carbocycles. The summed E-state index contributed by atoms with van der Waals surface area (Å²) in [6.07, 6.45) is 3.53. The van der Waals surface area contributed by atoms with Crippen LogP contribution in [0.4, 0.5) is 5.69 Å². The molecule has 0 saturated carbocycles. The first-order valence-electron chi connectivity index (χ1n) is 11.1. The molecule has 1 aliphatic rings. The number of likely N-dealkylation sites (tertiary alicyclic amines) is 1. The summed E-state index contributed by atoms with van der Waals surface area (Å²) in [7, 11) is -3.70. The molecule has 1 fully saturated rings. The molecule has 0 radical (unpaired) electrons. The standard InChI is InChI=1S/C24H31N3O4S/c1-3-4-15-25-23(28)20-6-5-16-27(17-20)24(29)19-9-11-21(12-10-19)26-32(30,31)22-13-7-18(2)8-14-22/h7-14,20,26H,3-6,15-17H2,1-2H3,(H,25,28). The molecule has 2 N–H and O–H groups in total. The highest BCUT2D eigenvalue weighted by Crippen LogP contribution is 2.21. The molecule has 8 heteroatoms. The number of aryl methyl sites for hydroxylation is 1. The van der Waals surface area contributed by atoms with E-state index in [1.54, 1.807) is 53.4 Å². The van der Waals surface area contributed by atoms with Gasteiger partial charge in [-0.25, -0.2) is 8.42 Å². The molecule has 1 unspecified atom stereocenters. The first-order valence-corrected chi connectivity index (χ1v) is 12.5. The van der Waals surface area contributed by atoms with Gasteiger partial charge in [0.05, 0.1) is 10.8 Å². The summed E-state index contributed by atoms with van der Waals surface area (Å²) in [6.45, 7) is 5.65. The van der Waals surface area contributed by atoms with Crippen LogP contribution in [0.1, 0.15) is 48.5 Å². The molecule has 0 spiro atoms. The zero-order valence-electron chi connectivity index (χ0n) is 18.6. The smallest absolute Gasteiger partial charge is 0.261 e. The van der Waals surface area contributed by atoms with Gasteiger partial charge in [-0.05, 0) is 62.6 Å². The van der Waals surface area contributed by atoms with E-state index < -0.39 is 10.0 Å². The monoisotopic (exact) mass is 457 g/mol. The number of sulfonamides is 1. The van der Waals surface area contributed by atoms with Gasteiger partial charge in [0.25, 0.3) is 15.9 Å². The minimum absolute atomic E-state index is 0.0109. The van der Waals surface area contributed by atoms with E-state index in [2.05, 4.69) is 17.0 Å². The zero-order chi connectivity index (χ0) is 23.1. The number of piperidine rings is 1. The van der Waals surface area contributed by atoms with Gasteiger partial charge in [-0.15, -0.1) is 0 Å². The summed E-state index contributed by atoms with van der Waals surface area (Å²) in [5.41, 5.74) is 1.83. The Balaban J connectivity index is 1.62. The number of hydrogen-bond donors (Lipinski definition) is 2. The van der Waals surface area contributed by atoms with E-state index in [1.165, 1.54) is 0 Å². The molecular formula is C24H31N3O4S. The average molecular weight is 458 g/mol. The highest BCUT2D eigenvalue weighted by Gasteiger charge is 2.28. The van der Waals surface area contributed by atoms with Gasteiger partial charge in [-0.2, -0.15) is 0 Å². The fourth-order valence-corrected chi connectivity index (χ4v) is 4.76. The number of carbonyl (C=O) groups excluding carboxylic acids is 2. The molecule has 0 aliphatic carbocycles. The van der Waals surface area contributed by atoms with Crippen LogP contribution in [-0.2, 0) is 14.8 Å². The van der Waals surface area contributed by atoms with Gasteiger partial charge in [0.15, 0.2) is 0 Å². The van der Waals surface area contributed by atoms with E-state index in [0.717, 1.165) is 31.2 Å². The van der Waals surface area contributed by atoms with Crippen molar-refractivity contribution in [2.75, 3.05) is 24.4 Å². The quantitative estimate of drug-likeness (QED) is 0.593. The lowest BCUT2D eigenvalue weighted by Gasteiger charge is -2.32. The molecule has 0 bridgehead atoms. The molecule has 2 aromatic rings. The van der Waals surface area contributed by atoms with Gasteiger partial charge in [0, 0.05) is 30.9 Å². The van der Waals surface area contributed by atoms with Crippen molar-refractivity contribution in [3.05, 3.63) is 59.7 Å². The van der Waals surface area contributed by atoms with Gasteiger partial charge in [-0.3, -0.25) is 14.3 Å². The Kier molecular flexibility index (Phi) is 7.90. The van der Waals surface area contributed by atoms with E-state index in [0.29, 0.717) is 30.9 Å². The molecule has 1 atom stereocenters. The maximum atomic E-state index is 12.9. The van der Waals surface area contributed by atoms with Crippen LogP contribution >= 0.6 is 0 Å². The first kappa shape index (κ1) is 23.8. The summed E-state index contributed by atoms with van der Waals surface area (Å²) in [5, 5.41) is 2.96. The normalized spacial score (nSPS) is 16.4.